The van der Waals surface area contributed by atoms with E-state index >= 15 is 0 Å². The third-order valence-electron chi connectivity index (χ3n) is 3.94. The van der Waals surface area contributed by atoms with Crippen LogP contribution in [0.25, 0.3) is 5.69 Å². The molecule has 0 bridgehead atoms. The standard InChI is InChI=1S/C18H18ClN5O4/c1-26-13-6-4-10(8-12(13)19)21-18(25)16-17(20)24(23-22-16)11-5-7-14(27-2)15(9-11)28-3/h4-9H,20H2,1-3H3,(H,21,25). The highest BCUT2D eigenvalue weighted by Crippen LogP contribution is 2.30. The number of nitrogens with one attached hydrogen (secondary N) is 1. The van der Waals surface area contributed by atoms with E-state index in [1.54, 1.807) is 36.4 Å². The summed E-state index contributed by atoms with van der Waals surface area (Å²) in [6, 6.07) is 9.95. The smallest absolute Gasteiger partial charge is 0.280 e. The van der Waals surface area contributed by atoms with Crippen LogP contribution in [0.15, 0.2) is 36.4 Å². The van der Waals surface area contributed by atoms with Crippen molar-refractivity contribution in [2.24, 2.45) is 0 Å². The molecule has 1 amide bonds. The van der Waals surface area contributed by atoms with Gasteiger partial charge in [0.2, 0.25) is 0 Å². The van der Waals surface area contributed by atoms with E-state index in [1.165, 1.54) is 26.0 Å². The number of nitrogen functional groups attached to an aromatic ring is 1. The van der Waals surface area contributed by atoms with E-state index in [9.17, 15) is 4.79 Å². The molecule has 1 aromatic heterocycles. The van der Waals surface area contributed by atoms with Gasteiger partial charge in [0.15, 0.2) is 23.0 Å². The minimum Gasteiger partial charge on any atom is -0.495 e. The number of amides is 1. The number of anilines is 2. The lowest BCUT2D eigenvalue weighted by molar-refractivity contribution is 0.102. The Bertz CT molecular complexity index is 1020. The van der Waals surface area contributed by atoms with Crippen LogP contribution in [0, 0.1) is 0 Å². The van der Waals surface area contributed by atoms with Gasteiger partial charge in [0.05, 0.1) is 32.0 Å². The maximum absolute atomic E-state index is 12.5. The molecule has 0 spiro atoms. The Morgan fingerprint density at radius 3 is 2.36 bits per heavy atom. The van der Waals surface area contributed by atoms with Crippen LogP contribution in [0.2, 0.25) is 5.02 Å². The summed E-state index contributed by atoms with van der Waals surface area (Å²) in [6.07, 6.45) is 0. The van der Waals surface area contributed by atoms with Gasteiger partial charge in [-0.05, 0) is 30.3 Å². The quantitative estimate of drug-likeness (QED) is 0.650. The topological polar surface area (TPSA) is 114 Å². The summed E-state index contributed by atoms with van der Waals surface area (Å²) in [5.74, 6) is 1.10. The highest BCUT2D eigenvalue weighted by Gasteiger charge is 2.20. The van der Waals surface area contributed by atoms with E-state index in [4.69, 9.17) is 31.5 Å². The summed E-state index contributed by atoms with van der Waals surface area (Å²) >= 11 is 6.07. The fourth-order valence-electron chi connectivity index (χ4n) is 2.53. The van der Waals surface area contributed by atoms with Crippen LogP contribution in [-0.4, -0.2) is 42.2 Å². The fourth-order valence-corrected chi connectivity index (χ4v) is 2.79. The van der Waals surface area contributed by atoms with E-state index in [1.807, 2.05) is 0 Å². The summed E-state index contributed by atoms with van der Waals surface area (Å²) < 4.78 is 16.9. The van der Waals surface area contributed by atoms with Gasteiger partial charge >= 0.3 is 0 Å². The van der Waals surface area contributed by atoms with Gasteiger partial charge in [-0.1, -0.05) is 16.8 Å². The number of halogens is 1. The minimum atomic E-state index is -0.523. The number of hydrogen-bond donors (Lipinski definition) is 2. The van der Waals surface area contributed by atoms with Crippen LogP contribution in [-0.2, 0) is 0 Å². The number of benzene rings is 2. The normalized spacial score (nSPS) is 10.4. The van der Waals surface area contributed by atoms with Crippen molar-refractivity contribution in [3.63, 3.8) is 0 Å². The summed E-state index contributed by atoms with van der Waals surface area (Å²) in [7, 11) is 4.56. The SMILES string of the molecule is COc1ccc(NC(=O)c2nnn(-c3ccc(OC)c(OC)c3)c2N)cc1Cl. The Balaban J connectivity index is 1.86. The number of nitrogens with two attached hydrogens (primary N) is 1. The molecule has 3 rings (SSSR count). The van der Waals surface area contributed by atoms with Gasteiger partial charge in [0.25, 0.3) is 5.91 Å². The lowest BCUT2D eigenvalue weighted by Crippen LogP contribution is -2.15. The monoisotopic (exact) mass is 403 g/mol. The van der Waals surface area contributed by atoms with E-state index in [-0.39, 0.29) is 11.5 Å². The zero-order valence-electron chi connectivity index (χ0n) is 15.4. The Morgan fingerprint density at radius 2 is 1.71 bits per heavy atom. The first-order chi connectivity index (χ1) is 13.5. The predicted octanol–water partition coefficient (Wildman–Crippen LogP) is 2.78. The van der Waals surface area contributed by atoms with Crippen LogP contribution >= 0.6 is 11.6 Å². The molecule has 0 fully saturated rings. The number of methoxy groups -OCH3 is 3. The molecule has 0 saturated carbocycles. The third kappa shape index (κ3) is 3.65. The number of hydrogen-bond acceptors (Lipinski definition) is 7. The van der Waals surface area contributed by atoms with Crippen LogP contribution in [0.1, 0.15) is 10.5 Å². The average Bonchev–Trinajstić information content (AvgIpc) is 3.09. The number of carbonyl (C=O) groups excluding carboxylic acids is 1. The molecule has 146 valence electrons. The van der Waals surface area contributed by atoms with Crippen LogP contribution in [0.5, 0.6) is 17.2 Å². The second-order valence-corrected chi connectivity index (χ2v) is 5.99. The Morgan fingerprint density at radius 1 is 1.04 bits per heavy atom. The molecule has 0 aliphatic heterocycles. The lowest BCUT2D eigenvalue weighted by atomic mass is 10.2. The number of carbonyl (C=O) groups is 1. The first-order valence-electron chi connectivity index (χ1n) is 8.07. The zero-order chi connectivity index (χ0) is 20.3. The van der Waals surface area contributed by atoms with Crippen molar-refractivity contribution in [1.82, 2.24) is 15.0 Å². The Labute approximate surface area is 165 Å². The second-order valence-electron chi connectivity index (χ2n) is 5.58. The van der Waals surface area contributed by atoms with Gasteiger partial charge in [-0.2, -0.15) is 4.68 Å². The summed E-state index contributed by atoms with van der Waals surface area (Å²) in [5, 5.41) is 10.9. The maximum atomic E-state index is 12.5. The average molecular weight is 404 g/mol. The molecular formula is C18H18ClN5O4. The van der Waals surface area contributed by atoms with Gasteiger partial charge in [0, 0.05) is 11.8 Å². The molecule has 0 saturated heterocycles. The zero-order valence-corrected chi connectivity index (χ0v) is 16.1. The van der Waals surface area contributed by atoms with Crippen molar-refractivity contribution in [2.45, 2.75) is 0 Å². The molecule has 0 unspecified atom stereocenters. The van der Waals surface area contributed by atoms with Gasteiger partial charge in [-0.25, -0.2) is 0 Å². The molecule has 1 heterocycles. The molecule has 0 atom stereocenters. The maximum Gasteiger partial charge on any atom is 0.280 e. The molecule has 3 N–H and O–H groups in total. The van der Waals surface area contributed by atoms with Crippen LogP contribution in [0.3, 0.4) is 0 Å². The van der Waals surface area contributed by atoms with Crippen molar-refractivity contribution < 1.29 is 19.0 Å². The molecule has 2 aromatic carbocycles. The van der Waals surface area contributed by atoms with E-state index in [0.29, 0.717) is 33.6 Å². The Kier molecular flexibility index (Phi) is 5.55. The van der Waals surface area contributed by atoms with Crippen LogP contribution in [0.4, 0.5) is 11.5 Å². The molecule has 0 aliphatic rings. The van der Waals surface area contributed by atoms with Gasteiger partial charge < -0.3 is 25.3 Å². The van der Waals surface area contributed by atoms with Crippen molar-refractivity contribution in [2.75, 3.05) is 32.4 Å². The second kappa shape index (κ2) is 8.05. The molecule has 10 heteroatoms. The molecule has 9 nitrogen and oxygen atoms in total. The van der Waals surface area contributed by atoms with Gasteiger partial charge in [-0.15, -0.1) is 5.10 Å². The molecular weight excluding hydrogens is 386 g/mol. The number of aromatic nitrogens is 3. The fraction of sp³-hybridized carbons (Fsp3) is 0.167. The van der Waals surface area contributed by atoms with Crippen molar-refractivity contribution in [1.29, 1.82) is 0 Å². The molecule has 3 aromatic rings. The molecule has 0 aliphatic carbocycles. The van der Waals surface area contributed by atoms with Crippen LogP contribution < -0.4 is 25.3 Å². The number of ether oxygens (including phenoxy) is 3. The minimum absolute atomic E-state index is 0.0262. The number of rotatable bonds is 6. The first-order valence-corrected chi connectivity index (χ1v) is 8.44. The van der Waals surface area contributed by atoms with Gasteiger partial charge in [0.1, 0.15) is 5.75 Å². The largest absolute Gasteiger partial charge is 0.495 e. The van der Waals surface area contributed by atoms with E-state index < -0.39 is 5.91 Å². The predicted molar refractivity (Wildman–Crippen MR) is 105 cm³/mol. The molecule has 28 heavy (non-hydrogen) atoms. The number of nitrogens with zero attached hydrogens (tertiary/aromatic N) is 3. The highest BCUT2D eigenvalue weighted by atomic mass is 35.5. The highest BCUT2D eigenvalue weighted by molar-refractivity contribution is 6.32. The first kappa shape index (κ1) is 19.3. The van der Waals surface area contributed by atoms with Crippen molar-refractivity contribution in [3.8, 4) is 22.9 Å². The van der Waals surface area contributed by atoms with Crippen molar-refractivity contribution in [3.05, 3.63) is 47.1 Å². The van der Waals surface area contributed by atoms with E-state index in [2.05, 4.69) is 15.6 Å². The van der Waals surface area contributed by atoms with Crippen molar-refractivity contribution >= 4 is 29.0 Å². The third-order valence-corrected chi connectivity index (χ3v) is 4.24. The summed E-state index contributed by atoms with van der Waals surface area (Å²) in [6.45, 7) is 0. The molecule has 0 radical (unpaired) electrons. The lowest BCUT2D eigenvalue weighted by Gasteiger charge is -2.10. The summed E-state index contributed by atoms with van der Waals surface area (Å²) in [5.41, 5.74) is 7.09. The van der Waals surface area contributed by atoms with E-state index in [0.717, 1.165) is 0 Å². The Hall–Kier alpha value is -3.46. The van der Waals surface area contributed by atoms with Gasteiger partial charge in [-0.3, -0.25) is 4.79 Å². The summed E-state index contributed by atoms with van der Waals surface area (Å²) in [4.78, 5) is 12.5.